The van der Waals surface area contributed by atoms with Crippen LogP contribution in [0.5, 0.6) is 0 Å². The maximum Gasteiger partial charge on any atom is 0.407 e. The molecule has 2 rings (SSSR count). The third-order valence-electron chi connectivity index (χ3n) is 3.40. The summed E-state index contributed by atoms with van der Waals surface area (Å²) in [5.41, 5.74) is -0.190. The summed E-state index contributed by atoms with van der Waals surface area (Å²) in [5.74, 6) is 0.448. The molecule has 2 N–H and O–H groups in total. The molecule has 0 aromatic heterocycles. The lowest BCUT2D eigenvalue weighted by Crippen LogP contribution is -2.51. The van der Waals surface area contributed by atoms with Crippen LogP contribution in [0.4, 0.5) is 4.79 Å². The molecule has 98 valence electrons. The largest absolute Gasteiger partial charge is 0.444 e. The van der Waals surface area contributed by atoms with Gasteiger partial charge in [-0.2, -0.15) is 0 Å². The van der Waals surface area contributed by atoms with Crippen LogP contribution in [-0.2, 0) is 9.47 Å². The maximum absolute atomic E-state index is 11.5. The van der Waals surface area contributed by atoms with E-state index in [1.807, 2.05) is 20.8 Å². The minimum Gasteiger partial charge on any atom is -0.444 e. The van der Waals surface area contributed by atoms with Gasteiger partial charge in [0.25, 0.3) is 0 Å². The van der Waals surface area contributed by atoms with Crippen LogP contribution >= 0.6 is 0 Å². The minimum absolute atomic E-state index is 0.245. The van der Waals surface area contributed by atoms with E-state index >= 15 is 0 Å². The second-order valence-corrected chi connectivity index (χ2v) is 6.07. The highest BCUT2D eigenvalue weighted by Gasteiger charge is 2.48. The highest BCUT2D eigenvalue weighted by Crippen LogP contribution is 2.38. The Hall–Kier alpha value is -0.810. The second-order valence-electron chi connectivity index (χ2n) is 6.07. The van der Waals surface area contributed by atoms with Crippen molar-refractivity contribution in [3.63, 3.8) is 0 Å². The molecule has 0 radical (unpaired) electrons. The van der Waals surface area contributed by atoms with Crippen molar-refractivity contribution in [1.82, 2.24) is 10.6 Å². The van der Waals surface area contributed by atoms with E-state index in [2.05, 4.69) is 10.6 Å². The van der Waals surface area contributed by atoms with Crippen LogP contribution in [0.1, 0.15) is 20.8 Å². The molecule has 17 heavy (non-hydrogen) atoms. The third-order valence-corrected chi connectivity index (χ3v) is 3.40. The first-order valence-electron chi connectivity index (χ1n) is 6.17. The van der Waals surface area contributed by atoms with E-state index in [-0.39, 0.29) is 11.5 Å². The standard InChI is InChI=1S/C12H22N2O3/c1-11(2,3)17-10(15)14-5-9-4-13-6-12(9)7-16-8-12/h9,13H,4-8H2,1-3H3,(H,14,15)/t9-/m1/s1. The van der Waals surface area contributed by atoms with E-state index in [9.17, 15) is 4.79 Å². The molecule has 1 spiro atoms. The number of hydrogen-bond donors (Lipinski definition) is 2. The van der Waals surface area contributed by atoms with Crippen molar-refractivity contribution in [2.75, 3.05) is 32.8 Å². The molecule has 5 nitrogen and oxygen atoms in total. The summed E-state index contributed by atoms with van der Waals surface area (Å²) in [6.45, 7) is 9.81. The number of nitrogens with one attached hydrogen (secondary N) is 2. The van der Waals surface area contributed by atoms with Crippen molar-refractivity contribution in [2.24, 2.45) is 11.3 Å². The smallest absolute Gasteiger partial charge is 0.407 e. The van der Waals surface area contributed by atoms with Gasteiger partial charge in [-0.1, -0.05) is 0 Å². The van der Waals surface area contributed by atoms with Gasteiger partial charge in [-0.15, -0.1) is 0 Å². The van der Waals surface area contributed by atoms with E-state index < -0.39 is 5.60 Å². The fourth-order valence-corrected chi connectivity index (χ4v) is 2.37. The highest BCUT2D eigenvalue weighted by molar-refractivity contribution is 5.67. The molecule has 0 unspecified atom stereocenters. The second kappa shape index (κ2) is 4.46. The first-order chi connectivity index (χ1) is 7.91. The Morgan fingerprint density at radius 1 is 1.53 bits per heavy atom. The topological polar surface area (TPSA) is 59.6 Å². The van der Waals surface area contributed by atoms with Gasteiger partial charge in [-0.25, -0.2) is 4.79 Å². The Bertz CT molecular complexity index is 295. The summed E-state index contributed by atoms with van der Waals surface area (Å²) < 4.78 is 10.5. The van der Waals surface area contributed by atoms with Gasteiger partial charge in [0.05, 0.1) is 13.2 Å². The fourth-order valence-electron chi connectivity index (χ4n) is 2.37. The van der Waals surface area contributed by atoms with Gasteiger partial charge in [0.1, 0.15) is 5.60 Å². The molecule has 2 heterocycles. The number of rotatable bonds is 2. The lowest BCUT2D eigenvalue weighted by Gasteiger charge is -2.42. The number of alkyl carbamates (subject to hydrolysis) is 1. The van der Waals surface area contributed by atoms with Gasteiger partial charge in [-0.05, 0) is 20.8 Å². The molecule has 0 aromatic rings. The normalized spacial score (nSPS) is 26.6. The average molecular weight is 242 g/mol. The molecule has 2 aliphatic rings. The zero-order valence-corrected chi connectivity index (χ0v) is 10.8. The van der Waals surface area contributed by atoms with Gasteiger partial charge in [-0.3, -0.25) is 0 Å². The molecule has 0 aliphatic carbocycles. The summed E-state index contributed by atoms with van der Waals surface area (Å²) in [7, 11) is 0. The van der Waals surface area contributed by atoms with Crippen LogP contribution < -0.4 is 10.6 Å². The summed E-state index contributed by atoms with van der Waals surface area (Å²) in [6, 6.07) is 0. The molecular formula is C12H22N2O3. The molecule has 2 aliphatic heterocycles. The summed E-state index contributed by atoms with van der Waals surface area (Å²) in [4.78, 5) is 11.5. The number of carbonyl (C=O) groups excluding carboxylic acids is 1. The van der Waals surface area contributed by atoms with Crippen molar-refractivity contribution < 1.29 is 14.3 Å². The number of amides is 1. The Morgan fingerprint density at radius 3 is 2.76 bits per heavy atom. The molecule has 5 heteroatoms. The van der Waals surface area contributed by atoms with Crippen molar-refractivity contribution in [1.29, 1.82) is 0 Å². The van der Waals surface area contributed by atoms with E-state index in [1.165, 1.54) is 0 Å². The molecule has 2 saturated heterocycles. The average Bonchev–Trinajstić information content (AvgIpc) is 2.54. The van der Waals surface area contributed by atoms with Crippen molar-refractivity contribution in [3.8, 4) is 0 Å². The minimum atomic E-state index is -0.435. The lowest BCUT2D eigenvalue weighted by molar-refractivity contribution is -0.123. The third kappa shape index (κ3) is 2.90. The highest BCUT2D eigenvalue weighted by atomic mass is 16.6. The van der Waals surface area contributed by atoms with Crippen LogP contribution in [0.25, 0.3) is 0 Å². The first kappa shape index (κ1) is 12.6. The molecule has 0 aromatic carbocycles. The Balaban J connectivity index is 1.76. The molecule has 0 saturated carbocycles. The SMILES string of the molecule is CC(C)(C)OC(=O)NC[C@H]1CNCC12COC2. The van der Waals surface area contributed by atoms with Gasteiger partial charge in [0.2, 0.25) is 0 Å². The quantitative estimate of drug-likeness (QED) is 0.750. The van der Waals surface area contributed by atoms with Gasteiger partial charge in [0.15, 0.2) is 0 Å². The summed E-state index contributed by atoms with van der Waals surface area (Å²) in [5, 5.41) is 6.21. The van der Waals surface area contributed by atoms with Crippen LogP contribution in [0, 0.1) is 11.3 Å². The molecule has 0 bridgehead atoms. The van der Waals surface area contributed by atoms with E-state index in [1.54, 1.807) is 0 Å². The van der Waals surface area contributed by atoms with Gasteiger partial charge in [0, 0.05) is 31.0 Å². The van der Waals surface area contributed by atoms with Gasteiger partial charge >= 0.3 is 6.09 Å². The van der Waals surface area contributed by atoms with E-state index in [0.717, 1.165) is 26.3 Å². The predicted octanol–water partition coefficient (Wildman–Crippen LogP) is 0.747. The van der Waals surface area contributed by atoms with Gasteiger partial charge < -0.3 is 20.1 Å². The van der Waals surface area contributed by atoms with Crippen LogP contribution in [-0.4, -0.2) is 44.5 Å². The number of hydrogen-bond acceptors (Lipinski definition) is 4. The monoisotopic (exact) mass is 242 g/mol. The number of carbonyl (C=O) groups is 1. The molecule has 1 amide bonds. The predicted molar refractivity (Wildman–Crippen MR) is 63.8 cm³/mol. The van der Waals surface area contributed by atoms with E-state index in [0.29, 0.717) is 12.5 Å². The summed E-state index contributed by atoms with van der Waals surface area (Å²) >= 11 is 0. The molecule has 2 fully saturated rings. The summed E-state index contributed by atoms with van der Waals surface area (Å²) in [6.07, 6.45) is -0.334. The van der Waals surface area contributed by atoms with Crippen LogP contribution in [0.3, 0.4) is 0 Å². The Kier molecular flexibility index (Phi) is 3.32. The zero-order valence-electron chi connectivity index (χ0n) is 10.8. The van der Waals surface area contributed by atoms with Crippen LogP contribution in [0.15, 0.2) is 0 Å². The Labute approximate surface area is 102 Å². The molecule has 1 atom stereocenters. The van der Waals surface area contributed by atoms with Crippen molar-refractivity contribution >= 4 is 6.09 Å². The zero-order chi connectivity index (χ0) is 12.5. The van der Waals surface area contributed by atoms with Crippen molar-refractivity contribution in [2.45, 2.75) is 26.4 Å². The number of ether oxygens (including phenoxy) is 2. The van der Waals surface area contributed by atoms with E-state index in [4.69, 9.17) is 9.47 Å². The Morgan fingerprint density at radius 2 is 2.24 bits per heavy atom. The fraction of sp³-hybridized carbons (Fsp3) is 0.917. The lowest BCUT2D eigenvalue weighted by atomic mass is 9.76. The maximum atomic E-state index is 11.5. The van der Waals surface area contributed by atoms with Crippen LogP contribution in [0.2, 0.25) is 0 Å². The molecular weight excluding hydrogens is 220 g/mol. The van der Waals surface area contributed by atoms with Crippen molar-refractivity contribution in [3.05, 3.63) is 0 Å². The first-order valence-corrected chi connectivity index (χ1v) is 6.17.